The Kier molecular flexibility index (Phi) is 2.90. The van der Waals surface area contributed by atoms with Gasteiger partial charge in [-0.2, -0.15) is 0 Å². The van der Waals surface area contributed by atoms with E-state index >= 15 is 0 Å². The maximum Gasteiger partial charge on any atom is 0.0720 e. The third kappa shape index (κ3) is 2.50. The van der Waals surface area contributed by atoms with Crippen molar-refractivity contribution in [3.8, 4) is 0 Å². The first-order valence-electron chi connectivity index (χ1n) is 3.89. The smallest absolute Gasteiger partial charge is 0.0720 e. The molecule has 0 bridgehead atoms. The number of nitrogens with two attached hydrogens (primary N) is 1. The number of aliphatic hydroxyl groups excluding tert-OH is 1. The molecule has 3 N–H and O–H groups in total. The zero-order valence-electron chi connectivity index (χ0n) is 6.16. The minimum atomic E-state index is -0.229. The van der Waals surface area contributed by atoms with Gasteiger partial charge < -0.3 is 10.8 Å². The summed E-state index contributed by atoms with van der Waals surface area (Å²) < 4.78 is 0. The van der Waals surface area contributed by atoms with E-state index < -0.39 is 0 Å². The van der Waals surface area contributed by atoms with E-state index in [-0.39, 0.29) is 6.10 Å². The number of aliphatic hydroxyl groups is 1. The first-order chi connectivity index (χ1) is 4.79. The predicted molar refractivity (Wildman–Crippen MR) is 41.6 cm³/mol. The van der Waals surface area contributed by atoms with Crippen molar-refractivity contribution < 1.29 is 5.11 Å². The molecule has 0 spiro atoms. The van der Waals surface area contributed by atoms with Crippen LogP contribution in [0.1, 0.15) is 25.7 Å². The fourth-order valence-corrected chi connectivity index (χ4v) is 1.21. The zero-order valence-corrected chi connectivity index (χ0v) is 6.16. The quantitative estimate of drug-likeness (QED) is 0.490. The summed E-state index contributed by atoms with van der Waals surface area (Å²) in [6.45, 7) is 0. The molecular weight excluding hydrogens is 126 g/mol. The molecule has 2 heteroatoms. The Morgan fingerprint density at radius 2 is 2.20 bits per heavy atom. The molecule has 0 aliphatic heterocycles. The summed E-state index contributed by atoms with van der Waals surface area (Å²) in [4.78, 5) is 0. The third-order valence-electron chi connectivity index (χ3n) is 1.87. The molecule has 0 fully saturated rings. The van der Waals surface area contributed by atoms with Crippen molar-refractivity contribution in [2.75, 3.05) is 0 Å². The van der Waals surface area contributed by atoms with Gasteiger partial charge in [0.05, 0.1) is 6.10 Å². The molecule has 2 unspecified atom stereocenters. The highest BCUT2D eigenvalue weighted by Crippen LogP contribution is 2.10. The Bertz CT molecular complexity index is 122. The fourth-order valence-electron chi connectivity index (χ4n) is 1.21. The minimum Gasteiger partial charge on any atom is -0.389 e. The third-order valence-corrected chi connectivity index (χ3v) is 1.87. The average Bonchev–Trinajstić information content (AvgIpc) is 1.84. The Morgan fingerprint density at radius 3 is 3.00 bits per heavy atom. The maximum absolute atomic E-state index is 9.17. The lowest BCUT2D eigenvalue weighted by molar-refractivity contribution is 0.204. The minimum absolute atomic E-state index is 0.229. The van der Waals surface area contributed by atoms with Gasteiger partial charge in [0.2, 0.25) is 0 Å². The molecular formula is C8H15NO. The van der Waals surface area contributed by atoms with Crippen LogP contribution in [-0.4, -0.2) is 17.3 Å². The van der Waals surface area contributed by atoms with Crippen LogP contribution in [-0.2, 0) is 0 Å². The lowest BCUT2D eigenvalue weighted by Gasteiger charge is -2.13. The average molecular weight is 141 g/mol. The molecule has 0 radical (unpaired) electrons. The number of hydrogen-bond donors (Lipinski definition) is 2. The van der Waals surface area contributed by atoms with Crippen molar-refractivity contribution in [3.63, 3.8) is 0 Å². The first kappa shape index (κ1) is 7.76. The van der Waals surface area contributed by atoms with Crippen molar-refractivity contribution in [2.45, 2.75) is 37.8 Å². The number of hydrogen-bond acceptors (Lipinski definition) is 2. The van der Waals surface area contributed by atoms with Crippen LogP contribution in [0.4, 0.5) is 0 Å². The van der Waals surface area contributed by atoms with Gasteiger partial charge in [-0.15, -0.1) is 0 Å². The highest BCUT2D eigenvalue weighted by molar-refractivity contribution is 4.92. The van der Waals surface area contributed by atoms with E-state index in [0.717, 1.165) is 25.7 Å². The van der Waals surface area contributed by atoms with Crippen LogP contribution in [0.3, 0.4) is 0 Å². The van der Waals surface area contributed by atoms with Gasteiger partial charge in [0.1, 0.15) is 0 Å². The Morgan fingerprint density at radius 1 is 1.40 bits per heavy atom. The molecule has 0 saturated heterocycles. The predicted octanol–water partition coefficient (Wildman–Crippen LogP) is 0.805. The van der Waals surface area contributed by atoms with Crippen molar-refractivity contribution in [2.24, 2.45) is 5.73 Å². The first-order valence-corrected chi connectivity index (χ1v) is 3.89. The van der Waals surface area contributed by atoms with Gasteiger partial charge >= 0.3 is 0 Å². The standard InChI is InChI=1S/C8H15NO/c9-7-3-1-5-8(10)6-2-4-7/h1,5,7-8,10H,2-4,6,9H2/b5-1+. The fraction of sp³-hybridized carbons (Fsp3) is 0.750. The highest BCUT2D eigenvalue weighted by atomic mass is 16.3. The monoisotopic (exact) mass is 141 g/mol. The van der Waals surface area contributed by atoms with E-state index in [9.17, 15) is 5.11 Å². The van der Waals surface area contributed by atoms with E-state index in [4.69, 9.17) is 5.73 Å². The molecule has 58 valence electrons. The second-order valence-corrected chi connectivity index (χ2v) is 2.92. The van der Waals surface area contributed by atoms with Gasteiger partial charge in [-0.25, -0.2) is 0 Å². The Balaban J connectivity index is 2.38. The molecule has 0 aromatic rings. The molecule has 1 rings (SSSR count). The Hall–Kier alpha value is -0.340. The van der Waals surface area contributed by atoms with Crippen LogP contribution in [0.15, 0.2) is 12.2 Å². The lowest BCUT2D eigenvalue weighted by Crippen LogP contribution is -2.21. The van der Waals surface area contributed by atoms with Crippen LogP contribution >= 0.6 is 0 Å². The van der Waals surface area contributed by atoms with Crippen molar-refractivity contribution in [1.29, 1.82) is 0 Å². The second-order valence-electron chi connectivity index (χ2n) is 2.92. The van der Waals surface area contributed by atoms with Gasteiger partial charge in [-0.3, -0.25) is 0 Å². The van der Waals surface area contributed by atoms with Gasteiger partial charge in [0.25, 0.3) is 0 Å². The molecule has 2 nitrogen and oxygen atoms in total. The van der Waals surface area contributed by atoms with E-state index in [2.05, 4.69) is 0 Å². The molecule has 0 amide bonds. The van der Waals surface area contributed by atoms with E-state index in [0.29, 0.717) is 6.04 Å². The van der Waals surface area contributed by atoms with E-state index in [1.54, 1.807) is 0 Å². The largest absolute Gasteiger partial charge is 0.389 e. The summed E-state index contributed by atoms with van der Waals surface area (Å²) in [7, 11) is 0. The molecule has 2 atom stereocenters. The normalized spacial score (nSPS) is 38.2. The maximum atomic E-state index is 9.17. The lowest BCUT2D eigenvalue weighted by atomic mass is 10.0. The molecule has 0 saturated carbocycles. The Labute approximate surface area is 61.7 Å². The summed E-state index contributed by atoms with van der Waals surface area (Å²) in [5.41, 5.74) is 5.72. The van der Waals surface area contributed by atoms with Crippen molar-refractivity contribution in [3.05, 3.63) is 12.2 Å². The summed E-state index contributed by atoms with van der Waals surface area (Å²) in [5, 5.41) is 9.17. The highest BCUT2D eigenvalue weighted by Gasteiger charge is 2.06. The van der Waals surface area contributed by atoms with Crippen LogP contribution in [0.5, 0.6) is 0 Å². The molecule has 1 aliphatic rings. The molecule has 0 heterocycles. The topological polar surface area (TPSA) is 46.2 Å². The molecule has 1 aliphatic carbocycles. The van der Waals surface area contributed by atoms with Gasteiger partial charge in [0.15, 0.2) is 0 Å². The summed E-state index contributed by atoms with van der Waals surface area (Å²) in [5.74, 6) is 0. The van der Waals surface area contributed by atoms with E-state index in [1.165, 1.54) is 0 Å². The molecule has 10 heavy (non-hydrogen) atoms. The second kappa shape index (κ2) is 3.74. The van der Waals surface area contributed by atoms with Crippen LogP contribution in [0.2, 0.25) is 0 Å². The van der Waals surface area contributed by atoms with Crippen molar-refractivity contribution in [1.82, 2.24) is 0 Å². The van der Waals surface area contributed by atoms with Crippen LogP contribution < -0.4 is 5.73 Å². The SMILES string of the molecule is NC1C/C=C/C(O)CCC1. The molecule has 0 aromatic heterocycles. The van der Waals surface area contributed by atoms with Crippen molar-refractivity contribution >= 4 is 0 Å². The van der Waals surface area contributed by atoms with Crippen LogP contribution in [0.25, 0.3) is 0 Å². The van der Waals surface area contributed by atoms with Gasteiger partial charge in [0, 0.05) is 6.04 Å². The summed E-state index contributed by atoms with van der Waals surface area (Å²) in [6, 6.07) is 0.309. The zero-order chi connectivity index (χ0) is 7.40. The number of rotatable bonds is 0. The summed E-state index contributed by atoms with van der Waals surface area (Å²) in [6.07, 6.45) is 7.47. The molecule has 0 aromatic carbocycles. The van der Waals surface area contributed by atoms with E-state index in [1.807, 2.05) is 12.2 Å². The van der Waals surface area contributed by atoms with Crippen LogP contribution in [0, 0.1) is 0 Å². The van der Waals surface area contributed by atoms with Gasteiger partial charge in [-0.1, -0.05) is 12.2 Å². The summed E-state index contributed by atoms with van der Waals surface area (Å²) >= 11 is 0. The van der Waals surface area contributed by atoms with Gasteiger partial charge in [-0.05, 0) is 25.7 Å².